The summed E-state index contributed by atoms with van der Waals surface area (Å²) in [6.45, 7) is 17.5. The number of hydrogen-bond donors (Lipinski definition) is 1. The van der Waals surface area contributed by atoms with Crippen LogP contribution in [0.2, 0.25) is 0 Å². The summed E-state index contributed by atoms with van der Waals surface area (Å²) in [4.78, 5) is 2.70. The van der Waals surface area contributed by atoms with Crippen LogP contribution in [0.25, 0.3) is 0 Å². The lowest BCUT2D eigenvalue weighted by Crippen LogP contribution is -2.63. The van der Waals surface area contributed by atoms with E-state index in [1.165, 1.54) is 19.5 Å². The Balaban J connectivity index is 2.57. The molecule has 1 N–H and O–H groups in total. The van der Waals surface area contributed by atoms with Crippen LogP contribution in [0, 0.1) is 11.8 Å². The molecule has 0 aliphatic carbocycles. The third kappa shape index (κ3) is 4.06. The minimum absolute atomic E-state index is 0.280. The van der Waals surface area contributed by atoms with Crippen LogP contribution in [0.4, 0.5) is 0 Å². The fraction of sp³-hybridized carbons (Fsp3) is 1.00. The maximum Gasteiger partial charge on any atom is 0.0252 e. The smallest absolute Gasteiger partial charge is 0.0252 e. The molecule has 1 heterocycles. The highest BCUT2D eigenvalue weighted by Gasteiger charge is 2.33. The predicted molar refractivity (Wildman–Crippen MR) is 71.7 cm³/mol. The number of nitrogens with zero attached hydrogens (tertiary/aromatic N) is 1. The summed E-state index contributed by atoms with van der Waals surface area (Å²) >= 11 is 0. The lowest BCUT2D eigenvalue weighted by atomic mass is 9.92. The van der Waals surface area contributed by atoms with E-state index in [4.69, 9.17) is 0 Å². The van der Waals surface area contributed by atoms with E-state index in [1.807, 2.05) is 0 Å². The van der Waals surface area contributed by atoms with E-state index in [2.05, 4.69) is 51.8 Å². The van der Waals surface area contributed by atoms with Gasteiger partial charge < -0.3 is 5.32 Å². The Morgan fingerprint density at radius 2 is 1.88 bits per heavy atom. The molecule has 0 aromatic carbocycles. The first-order chi connectivity index (χ1) is 7.32. The van der Waals surface area contributed by atoms with E-state index < -0.39 is 0 Å². The van der Waals surface area contributed by atoms with Gasteiger partial charge in [0.1, 0.15) is 0 Å². The van der Waals surface area contributed by atoms with Crippen LogP contribution in [-0.2, 0) is 0 Å². The highest BCUT2D eigenvalue weighted by atomic mass is 15.2. The Bertz CT molecular complexity index is 209. The Labute approximate surface area is 102 Å². The maximum absolute atomic E-state index is 3.67. The third-order valence-electron chi connectivity index (χ3n) is 3.62. The monoisotopic (exact) mass is 226 g/mol. The van der Waals surface area contributed by atoms with E-state index in [9.17, 15) is 0 Å². The van der Waals surface area contributed by atoms with Gasteiger partial charge in [0.05, 0.1) is 0 Å². The van der Waals surface area contributed by atoms with Crippen LogP contribution in [-0.4, -0.2) is 36.1 Å². The van der Waals surface area contributed by atoms with E-state index in [0.29, 0.717) is 6.04 Å². The van der Waals surface area contributed by atoms with E-state index in [-0.39, 0.29) is 5.54 Å². The van der Waals surface area contributed by atoms with Crippen LogP contribution in [0.15, 0.2) is 0 Å². The van der Waals surface area contributed by atoms with Gasteiger partial charge >= 0.3 is 0 Å². The van der Waals surface area contributed by atoms with Gasteiger partial charge in [0.15, 0.2) is 0 Å². The van der Waals surface area contributed by atoms with E-state index in [0.717, 1.165) is 18.4 Å². The summed E-state index contributed by atoms with van der Waals surface area (Å²) < 4.78 is 0. The molecule has 0 radical (unpaired) electrons. The van der Waals surface area contributed by atoms with Crippen molar-refractivity contribution in [2.24, 2.45) is 11.8 Å². The van der Waals surface area contributed by atoms with Crippen molar-refractivity contribution in [3.05, 3.63) is 0 Å². The van der Waals surface area contributed by atoms with Crippen molar-refractivity contribution >= 4 is 0 Å². The van der Waals surface area contributed by atoms with Gasteiger partial charge in [-0.3, -0.25) is 4.90 Å². The maximum atomic E-state index is 3.67. The second kappa shape index (κ2) is 5.50. The fourth-order valence-electron chi connectivity index (χ4n) is 2.52. The minimum atomic E-state index is 0.280. The molecule has 1 aliphatic heterocycles. The van der Waals surface area contributed by atoms with Gasteiger partial charge in [-0.25, -0.2) is 0 Å². The molecule has 1 atom stereocenters. The van der Waals surface area contributed by atoms with Gasteiger partial charge in [-0.15, -0.1) is 0 Å². The van der Waals surface area contributed by atoms with Crippen molar-refractivity contribution < 1.29 is 0 Å². The molecule has 0 aromatic rings. The minimum Gasteiger partial charge on any atom is -0.309 e. The summed E-state index contributed by atoms with van der Waals surface area (Å²) in [7, 11) is 0. The van der Waals surface area contributed by atoms with Gasteiger partial charge in [-0.1, -0.05) is 27.7 Å². The van der Waals surface area contributed by atoms with Crippen molar-refractivity contribution in [1.29, 1.82) is 0 Å². The highest BCUT2D eigenvalue weighted by molar-refractivity contribution is 4.93. The van der Waals surface area contributed by atoms with Crippen LogP contribution in [0.3, 0.4) is 0 Å². The molecule has 96 valence electrons. The summed E-state index contributed by atoms with van der Waals surface area (Å²) in [5.74, 6) is 1.56. The van der Waals surface area contributed by atoms with Crippen molar-refractivity contribution in [3.8, 4) is 0 Å². The largest absolute Gasteiger partial charge is 0.309 e. The molecule has 2 heteroatoms. The Kier molecular flexibility index (Phi) is 4.81. The molecule has 0 bridgehead atoms. The van der Waals surface area contributed by atoms with Gasteiger partial charge in [-0.05, 0) is 38.6 Å². The second-order valence-corrected chi connectivity index (χ2v) is 6.73. The fourth-order valence-corrected chi connectivity index (χ4v) is 2.52. The summed E-state index contributed by atoms with van der Waals surface area (Å²) in [6.07, 6.45) is 1.32. The van der Waals surface area contributed by atoms with Crippen LogP contribution in [0.1, 0.15) is 48.0 Å². The lowest BCUT2D eigenvalue weighted by molar-refractivity contribution is 0.0654. The Morgan fingerprint density at radius 1 is 1.25 bits per heavy atom. The zero-order chi connectivity index (χ0) is 12.3. The molecule has 0 amide bonds. The van der Waals surface area contributed by atoms with Gasteiger partial charge in [0.25, 0.3) is 0 Å². The zero-order valence-corrected chi connectivity index (χ0v) is 12.0. The molecule has 1 saturated heterocycles. The van der Waals surface area contributed by atoms with Gasteiger partial charge in [0.2, 0.25) is 0 Å². The molecule has 1 aliphatic rings. The third-order valence-corrected chi connectivity index (χ3v) is 3.62. The SMILES string of the molecule is CC(C)CCN1CC(C)(C)NCC1C(C)C. The number of rotatable bonds is 4. The molecular formula is C14H30N2. The van der Waals surface area contributed by atoms with E-state index in [1.54, 1.807) is 0 Å². The Morgan fingerprint density at radius 3 is 2.38 bits per heavy atom. The van der Waals surface area contributed by atoms with Crippen molar-refractivity contribution in [2.75, 3.05) is 19.6 Å². The molecule has 2 nitrogen and oxygen atoms in total. The first-order valence-electron chi connectivity index (χ1n) is 6.81. The van der Waals surface area contributed by atoms with E-state index >= 15 is 0 Å². The van der Waals surface area contributed by atoms with Crippen LogP contribution < -0.4 is 5.32 Å². The number of nitrogens with one attached hydrogen (secondary N) is 1. The Hall–Kier alpha value is -0.0800. The average molecular weight is 226 g/mol. The molecular weight excluding hydrogens is 196 g/mol. The van der Waals surface area contributed by atoms with Crippen molar-refractivity contribution in [2.45, 2.75) is 59.5 Å². The molecule has 0 saturated carbocycles. The molecule has 1 fully saturated rings. The van der Waals surface area contributed by atoms with Gasteiger partial charge in [0, 0.05) is 24.7 Å². The predicted octanol–water partition coefficient (Wildman–Crippen LogP) is 2.74. The summed E-state index contributed by atoms with van der Waals surface area (Å²) in [5.41, 5.74) is 0.280. The zero-order valence-electron chi connectivity index (χ0n) is 12.0. The van der Waals surface area contributed by atoms with Crippen LogP contribution >= 0.6 is 0 Å². The number of piperazine rings is 1. The van der Waals surface area contributed by atoms with Crippen LogP contribution in [0.5, 0.6) is 0 Å². The first kappa shape index (κ1) is 14.0. The number of hydrogen-bond acceptors (Lipinski definition) is 2. The highest BCUT2D eigenvalue weighted by Crippen LogP contribution is 2.21. The summed E-state index contributed by atoms with van der Waals surface area (Å²) in [5, 5.41) is 3.67. The lowest BCUT2D eigenvalue weighted by Gasteiger charge is -2.46. The second-order valence-electron chi connectivity index (χ2n) is 6.73. The van der Waals surface area contributed by atoms with Crippen molar-refractivity contribution in [1.82, 2.24) is 10.2 Å². The molecule has 0 aromatic heterocycles. The summed E-state index contributed by atoms with van der Waals surface area (Å²) in [6, 6.07) is 0.715. The molecule has 0 spiro atoms. The average Bonchev–Trinajstić information content (AvgIpc) is 2.12. The van der Waals surface area contributed by atoms with Crippen molar-refractivity contribution in [3.63, 3.8) is 0 Å². The van der Waals surface area contributed by atoms with Gasteiger partial charge in [-0.2, -0.15) is 0 Å². The quantitative estimate of drug-likeness (QED) is 0.793. The standard InChI is InChI=1S/C14H30N2/c1-11(2)7-8-16-10-14(5,6)15-9-13(16)12(3)4/h11-13,15H,7-10H2,1-6H3. The topological polar surface area (TPSA) is 15.3 Å². The molecule has 16 heavy (non-hydrogen) atoms. The first-order valence-corrected chi connectivity index (χ1v) is 6.81. The molecule has 1 unspecified atom stereocenters. The molecule has 1 rings (SSSR count). The normalized spacial score (nSPS) is 26.6.